The second-order valence-electron chi connectivity index (χ2n) is 4.53. The lowest BCUT2D eigenvalue weighted by Gasteiger charge is -2.23. The van der Waals surface area contributed by atoms with Crippen LogP contribution in [-0.2, 0) is 11.2 Å². The summed E-state index contributed by atoms with van der Waals surface area (Å²) in [7, 11) is 1.63. The van der Waals surface area contributed by atoms with E-state index in [1.54, 1.807) is 7.11 Å². The van der Waals surface area contributed by atoms with Gasteiger partial charge in [-0.3, -0.25) is 4.79 Å². The number of nitrogens with zero attached hydrogens (tertiary/aromatic N) is 1. The molecule has 1 aliphatic heterocycles. The Morgan fingerprint density at radius 2 is 2.28 bits per heavy atom. The molecule has 0 aliphatic carbocycles. The number of benzene rings is 1. The van der Waals surface area contributed by atoms with Crippen molar-refractivity contribution in [2.24, 2.45) is 0 Å². The summed E-state index contributed by atoms with van der Waals surface area (Å²) in [5, 5.41) is 0. The van der Waals surface area contributed by atoms with E-state index >= 15 is 0 Å². The van der Waals surface area contributed by atoms with Crippen LogP contribution in [0.15, 0.2) is 24.3 Å². The zero-order chi connectivity index (χ0) is 13.0. The van der Waals surface area contributed by atoms with Crippen molar-refractivity contribution in [1.82, 2.24) is 4.90 Å². The van der Waals surface area contributed by atoms with Crippen molar-refractivity contribution in [2.45, 2.75) is 25.3 Å². The third kappa shape index (κ3) is 2.78. The van der Waals surface area contributed by atoms with Crippen LogP contribution in [0.4, 0.5) is 0 Å². The van der Waals surface area contributed by atoms with E-state index in [2.05, 4.69) is 0 Å². The van der Waals surface area contributed by atoms with Gasteiger partial charge < -0.3 is 9.64 Å². The number of methoxy groups -OCH3 is 1. The normalized spacial score (nSPS) is 19.0. The Labute approximate surface area is 113 Å². The molecule has 1 unspecified atom stereocenters. The highest BCUT2D eigenvalue weighted by molar-refractivity contribution is 6.18. The molecule has 1 heterocycles. The number of ether oxygens (including phenoxy) is 1. The molecule has 1 atom stereocenters. The molecule has 18 heavy (non-hydrogen) atoms. The van der Waals surface area contributed by atoms with Crippen LogP contribution < -0.4 is 4.74 Å². The molecule has 1 aliphatic rings. The lowest BCUT2D eigenvalue weighted by Crippen LogP contribution is -2.37. The van der Waals surface area contributed by atoms with E-state index in [0.29, 0.717) is 12.3 Å². The van der Waals surface area contributed by atoms with Gasteiger partial charge in [-0.25, -0.2) is 0 Å². The van der Waals surface area contributed by atoms with E-state index in [9.17, 15) is 4.79 Å². The quantitative estimate of drug-likeness (QED) is 0.785. The standard InChI is InChI=1S/C14H18ClNO2/c1-18-13-7-3-2-5-11(13)9-14(17)16-8-4-6-12(16)10-15/h2-3,5,7,12H,4,6,8-10H2,1H3. The summed E-state index contributed by atoms with van der Waals surface area (Å²) in [4.78, 5) is 14.2. The first kappa shape index (κ1) is 13.2. The number of alkyl halides is 1. The van der Waals surface area contributed by atoms with Crippen LogP contribution in [0.1, 0.15) is 18.4 Å². The Hall–Kier alpha value is -1.22. The molecule has 2 rings (SSSR count). The molecule has 4 heteroatoms. The zero-order valence-corrected chi connectivity index (χ0v) is 11.3. The van der Waals surface area contributed by atoms with Crippen molar-refractivity contribution in [2.75, 3.05) is 19.5 Å². The number of likely N-dealkylation sites (tertiary alicyclic amines) is 1. The average Bonchev–Trinajstić information content (AvgIpc) is 2.87. The molecular weight excluding hydrogens is 250 g/mol. The number of para-hydroxylation sites is 1. The smallest absolute Gasteiger partial charge is 0.227 e. The summed E-state index contributed by atoms with van der Waals surface area (Å²) in [5.74, 6) is 1.44. The number of hydrogen-bond donors (Lipinski definition) is 0. The Balaban J connectivity index is 2.07. The minimum atomic E-state index is 0.141. The Kier molecular flexibility index (Phi) is 4.48. The molecule has 0 saturated carbocycles. The van der Waals surface area contributed by atoms with Gasteiger partial charge in [0.25, 0.3) is 0 Å². The molecule has 0 aromatic heterocycles. The van der Waals surface area contributed by atoms with Gasteiger partial charge in [-0.2, -0.15) is 0 Å². The summed E-state index contributed by atoms with van der Waals surface area (Å²) in [5.41, 5.74) is 0.935. The highest BCUT2D eigenvalue weighted by Crippen LogP contribution is 2.22. The maximum atomic E-state index is 12.3. The molecular formula is C14H18ClNO2. The van der Waals surface area contributed by atoms with Crippen LogP contribution in [0.2, 0.25) is 0 Å². The van der Waals surface area contributed by atoms with Crippen molar-refractivity contribution in [3.63, 3.8) is 0 Å². The van der Waals surface area contributed by atoms with Crippen molar-refractivity contribution < 1.29 is 9.53 Å². The van der Waals surface area contributed by atoms with Gasteiger partial charge in [0.2, 0.25) is 5.91 Å². The summed E-state index contributed by atoms with van der Waals surface area (Å²) in [6.45, 7) is 0.825. The second kappa shape index (κ2) is 6.10. The maximum absolute atomic E-state index is 12.3. The van der Waals surface area contributed by atoms with Crippen LogP contribution >= 0.6 is 11.6 Å². The van der Waals surface area contributed by atoms with Crippen molar-refractivity contribution in [3.8, 4) is 5.75 Å². The lowest BCUT2D eigenvalue weighted by atomic mass is 10.1. The first-order valence-corrected chi connectivity index (χ1v) is 6.77. The fourth-order valence-corrected chi connectivity index (χ4v) is 2.76. The fraction of sp³-hybridized carbons (Fsp3) is 0.500. The minimum absolute atomic E-state index is 0.141. The number of hydrogen-bond acceptors (Lipinski definition) is 2. The molecule has 3 nitrogen and oxygen atoms in total. The van der Waals surface area contributed by atoms with Crippen LogP contribution in [0.5, 0.6) is 5.75 Å². The maximum Gasteiger partial charge on any atom is 0.227 e. The molecule has 1 amide bonds. The third-order valence-electron chi connectivity index (χ3n) is 3.41. The van der Waals surface area contributed by atoms with Crippen LogP contribution in [0.3, 0.4) is 0 Å². The van der Waals surface area contributed by atoms with Gasteiger partial charge in [0.15, 0.2) is 0 Å². The molecule has 0 spiro atoms. The average molecular weight is 268 g/mol. The van der Waals surface area contributed by atoms with Crippen molar-refractivity contribution in [3.05, 3.63) is 29.8 Å². The van der Waals surface area contributed by atoms with Gasteiger partial charge in [-0.1, -0.05) is 18.2 Å². The number of halogens is 1. The molecule has 1 aromatic carbocycles. The summed E-state index contributed by atoms with van der Waals surface area (Å²) in [6, 6.07) is 7.85. The van der Waals surface area contributed by atoms with Gasteiger partial charge in [-0.15, -0.1) is 11.6 Å². The highest BCUT2D eigenvalue weighted by Gasteiger charge is 2.28. The van der Waals surface area contributed by atoms with E-state index in [-0.39, 0.29) is 11.9 Å². The first-order chi connectivity index (χ1) is 8.76. The molecule has 0 N–H and O–H groups in total. The van der Waals surface area contributed by atoms with Gasteiger partial charge in [0.1, 0.15) is 5.75 Å². The Morgan fingerprint density at radius 3 is 3.00 bits per heavy atom. The predicted molar refractivity (Wildman–Crippen MR) is 72.2 cm³/mol. The molecule has 0 radical (unpaired) electrons. The molecule has 98 valence electrons. The lowest BCUT2D eigenvalue weighted by molar-refractivity contribution is -0.130. The van der Waals surface area contributed by atoms with Crippen LogP contribution in [0.25, 0.3) is 0 Å². The van der Waals surface area contributed by atoms with Gasteiger partial charge in [0, 0.05) is 24.0 Å². The second-order valence-corrected chi connectivity index (χ2v) is 4.83. The summed E-state index contributed by atoms with van der Waals surface area (Å²) >= 11 is 5.89. The van der Waals surface area contributed by atoms with E-state index < -0.39 is 0 Å². The van der Waals surface area contributed by atoms with E-state index in [4.69, 9.17) is 16.3 Å². The molecule has 1 aromatic rings. The SMILES string of the molecule is COc1ccccc1CC(=O)N1CCCC1CCl. The van der Waals surface area contributed by atoms with E-state index in [1.165, 1.54) is 0 Å². The van der Waals surface area contributed by atoms with Crippen LogP contribution in [0, 0.1) is 0 Å². The largest absolute Gasteiger partial charge is 0.496 e. The number of carbonyl (C=O) groups excluding carboxylic acids is 1. The van der Waals surface area contributed by atoms with Crippen LogP contribution in [-0.4, -0.2) is 36.4 Å². The Bertz CT molecular complexity index is 422. The van der Waals surface area contributed by atoms with Gasteiger partial charge in [-0.05, 0) is 18.9 Å². The molecule has 1 fully saturated rings. The Morgan fingerprint density at radius 1 is 1.50 bits per heavy atom. The molecule has 0 bridgehead atoms. The zero-order valence-electron chi connectivity index (χ0n) is 10.6. The van der Waals surface area contributed by atoms with Gasteiger partial charge >= 0.3 is 0 Å². The van der Waals surface area contributed by atoms with Gasteiger partial charge in [0.05, 0.1) is 13.5 Å². The third-order valence-corrected chi connectivity index (χ3v) is 3.77. The van der Waals surface area contributed by atoms with E-state index in [0.717, 1.165) is 30.7 Å². The monoisotopic (exact) mass is 267 g/mol. The highest BCUT2D eigenvalue weighted by atomic mass is 35.5. The van der Waals surface area contributed by atoms with Crippen molar-refractivity contribution in [1.29, 1.82) is 0 Å². The number of rotatable bonds is 4. The minimum Gasteiger partial charge on any atom is -0.496 e. The molecule has 1 saturated heterocycles. The van der Waals surface area contributed by atoms with E-state index in [1.807, 2.05) is 29.2 Å². The predicted octanol–water partition coefficient (Wildman–Crippen LogP) is 2.47. The fourth-order valence-electron chi connectivity index (χ4n) is 2.44. The number of carbonyl (C=O) groups is 1. The summed E-state index contributed by atoms with van der Waals surface area (Å²) in [6.07, 6.45) is 2.45. The topological polar surface area (TPSA) is 29.5 Å². The van der Waals surface area contributed by atoms with Crippen molar-refractivity contribution >= 4 is 17.5 Å². The number of amides is 1. The first-order valence-electron chi connectivity index (χ1n) is 6.23. The summed E-state index contributed by atoms with van der Waals surface area (Å²) < 4.78 is 5.27.